The first-order valence-corrected chi connectivity index (χ1v) is 6.54. The summed E-state index contributed by atoms with van der Waals surface area (Å²) in [7, 11) is 0. The third kappa shape index (κ3) is 5.20. The number of nitrogens with zero attached hydrogens (tertiary/aromatic N) is 1. The van der Waals surface area contributed by atoms with Gasteiger partial charge in [-0.05, 0) is 44.9 Å². The fraction of sp³-hybridized carbons (Fsp3) is 0.533. The largest absolute Gasteiger partial charge is 0.494 e. The first-order valence-electron chi connectivity index (χ1n) is 6.54. The van der Waals surface area contributed by atoms with Crippen LogP contribution in [-0.2, 0) is 0 Å². The Bertz CT molecular complexity index is 372. The first-order chi connectivity index (χ1) is 8.70. The van der Waals surface area contributed by atoms with E-state index in [2.05, 4.69) is 11.4 Å². The Morgan fingerprint density at radius 2 is 2.00 bits per heavy atom. The van der Waals surface area contributed by atoms with E-state index in [9.17, 15) is 0 Å². The smallest absolute Gasteiger partial charge is 0.119 e. The maximum atomic E-state index is 9.11. The minimum atomic E-state index is -0.401. The van der Waals surface area contributed by atoms with E-state index in [-0.39, 0.29) is 0 Å². The van der Waals surface area contributed by atoms with Gasteiger partial charge in [0.15, 0.2) is 0 Å². The molecule has 0 heterocycles. The van der Waals surface area contributed by atoms with Crippen molar-refractivity contribution < 1.29 is 4.74 Å². The number of rotatable bonds is 8. The predicted molar refractivity (Wildman–Crippen MR) is 73.5 cm³/mol. The minimum absolute atomic E-state index is 0.401. The Kier molecular flexibility index (Phi) is 6.24. The zero-order valence-electron chi connectivity index (χ0n) is 11.3. The molecule has 0 aromatic heterocycles. The van der Waals surface area contributed by atoms with E-state index >= 15 is 0 Å². The summed E-state index contributed by atoms with van der Waals surface area (Å²) in [4.78, 5) is 0. The molecule has 3 nitrogen and oxygen atoms in total. The van der Waals surface area contributed by atoms with E-state index < -0.39 is 5.54 Å². The van der Waals surface area contributed by atoms with Gasteiger partial charge in [0.1, 0.15) is 11.3 Å². The highest BCUT2D eigenvalue weighted by Gasteiger charge is 2.20. The zero-order chi connectivity index (χ0) is 13.3. The molecule has 1 aromatic carbocycles. The Labute approximate surface area is 110 Å². The van der Waals surface area contributed by atoms with Gasteiger partial charge >= 0.3 is 0 Å². The third-order valence-corrected chi connectivity index (χ3v) is 2.90. The van der Waals surface area contributed by atoms with E-state index in [1.165, 1.54) is 0 Å². The van der Waals surface area contributed by atoms with E-state index in [1.807, 2.05) is 44.2 Å². The van der Waals surface area contributed by atoms with E-state index in [1.54, 1.807) is 0 Å². The number of nitriles is 1. The minimum Gasteiger partial charge on any atom is -0.494 e. The van der Waals surface area contributed by atoms with Crippen molar-refractivity contribution in [1.82, 2.24) is 5.32 Å². The lowest BCUT2D eigenvalue weighted by Gasteiger charge is -2.22. The molecule has 1 atom stereocenters. The van der Waals surface area contributed by atoms with Crippen LogP contribution in [0.25, 0.3) is 0 Å². The normalized spacial score (nSPS) is 13.6. The monoisotopic (exact) mass is 246 g/mol. The summed E-state index contributed by atoms with van der Waals surface area (Å²) in [6, 6.07) is 12.2. The fourth-order valence-corrected chi connectivity index (χ4v) is 1.86. The number of hydrogen-bond donors (Lipinski definition) is 1. The van der Waals surface area contributed by atoms with E-state index in [0.717, 1.165) is 31.6 Å². The summed E-state index contributed by atoms with van der Waals surface area (Å²) in [6.07, 6.45) is 2.82. The molecule has 0 aliphatic heterocycles. The van der Waals surface area contributed by atoms with Crippen LogP contribution in [0.3, 0.4) is 0 Å². The SMILES string of the molecule is CCNC(C)(C#N)CCCCOc1ccccc1. The molecule has 0 saturated carbocycles. The Morgan fingerprint density at radius 1 is 1.28 bits per heavy atom. The van der Waals surface area contributed by atoms with Gasteiger partial charge in [-0.2, -0.15) is 5.26 Å². The van der Waals surface area contributed by atoms with Crippen LogP contribution in [0.5, 0.6) is 5.75 Å². The van der Waals surface area contributed by atoms with Gasteiger partial charge < -0.3 is 4.74 Å². The van der Waals surface area contributed by atoms with Gasteiger partial charge in [-0.15, -0.1) is 0 Å². The molecule has 0 saturated heterocycles. The number of unbranched alkanes of at least 4 members (excludes halogenated alkanes) is 1. The summed E-state index contributed by atoms with van der Waals surface area (Å²) in [5.41, 5.74) is -0.401. The van der Waals surface area contributed by atoms with Gasteiger partial charge in [0.05, 0.1) is 12.7 Å². The van der Waals surface area contributed by atoms with E-state index in [4.69, 9.17) is 10.00 Å². The number of nitrogens with one attached hydrogen (secondary N) is 1. The summed E-state index contributed by atoms with van der Waals surface area (Å²) in [6.45, 7) is 5.50. The summed E-state index contributed by atoms with van der Waals surface area (Å²) < 4.78 is 5.61. The highest BCUT2D eigenvalue weighted by Crippen LogP contribution is 2.14. The molecular weight excluding hydrogens is 224 g/mol. The number of para-hydroxylation sites is 1. The fourth-order valence-electron chi connectivity index (χ4n) is 1.86. The molecule has 98 valence electrons. The van der Waals surface area contributed by atoms with Gasteiger partial charge in [-0.3, -0.25) is 5.32 Å². The second-order valence-corrected chi connectivity index (χ2v) is 4.59. The quantitative estimate of drug-likeness (QED) is 0.717. The lowest BCUT2D eigenvalue weighted by atomic mass is 9.97. The lowest BCUT2D eigenvalue weighted by molar-refractivity contribution is 0.296. The van der Waals surface area contributed by atoms with Crippen LogP contribution in [0.2, 0.25) is 0 Å². The zero-order valence-corrected chi connectivity index (χ0v) is 11.3. The van der Waals surface area contributed by atoms with E-state index in [0.29, 0.717) is 6.61 Å². The van der Waals surface area contributed by atoms with Gasteiger partial charge in [-0.1, -0.05) is 25.1 Å². The molecule has 0 amide bonds. The van der Waals surface area contributed by atoms with Crippen LogP contribution in [0.4, 0.5) is 0 Å². The van der Waals surface area contributed by atoms with Gasteiger partial charge in [-0.25, -0.2) is 0 Å². The molecule has 0 aliphatic rings. The molecule has 0 radical (unpaired) electrons. The first kappa shape index (κ1) is 14.5. The van der Waals surface area contributed by atoms with Crippen molar-refractivity contribution in [3.8, 4) is 11.8 Å². The number of hydrogen-bond acceptors (Lipinski definition) is 3. The molecule has 0 spiro atoms. The van der Waals surface area contributed by atoms with Crippen molar-refractivity contribution in [1.29, 1.82) is 5.26 Å². The summed E-state index contributed by atoms with van der Waals surface area (Å²) in [5.74, 6) is 0.909. The van der Waals surface area contributed by atoms with Crippen molar-refractivity contribution in [3.05, 3.63) is 30.3 Å². The molecule has 1 aromatic rings. The van der Waals surface area contributed by atoms with Crippen LogP contribution < -0.4 is 10.1 Å². The van der Waals surface area contributed by atoms with Crippen molar-refractivity contribution in [3.63, 3.8) is 0 Å². The van der Waals surface area contributed by atoms with Crippen molar-refractivity contribution in [2.45, 2.75) is 38.6 Å². The topological polar surface area (TPSA) is 45.0 Å². The average molecular weight is 246 g/mol. The maximum Gasteiger partial charge on any atom is 0.119 e. The molecular formula is C15H22N2O. The Balaban J connectivity index is 2.17. The molecule has 3 heteroatoms. The molecule has 1 rings (SSSR count). The number of benzene rings is 1. The van der Waals surface area contributed by atoms with Crippen molar-refractivity contribution >= 4 is 0 Å². The summed E-state index contributed by atoms with van der Waals surface area (Å²) >= 11 is 0. The van der Waals surface area contributed by atoms with Crippen LogP contribution in [0.1, 0.15) is 33.1 Å². The van der Waals surface area contributed by atoms with Crippen LogP contribution in [0.15, 0.2) is 30.3 Å². The second-order valence-electron chi connectivity index (χ2n) is 4.59. The third-order valence-electron chi connectivity index (χ3n) is 2.90. The molecule has 0 bridgehead atoms. The Hall–Kier alpha value is -1.53. The molecule has 0 fully saturated rings. The highest BCUT2D eigenvalue weighted by molar-refractivity contribution is 5.20. The predicted octanol–water partition coefficient (Wildman–Crippen LogP) is 3.13. The van der Waals surface area contributed by atoms with Crippen molar-refractivity contribution in [2.75, 3.05) is 13.2 Å². The Morgan fingerprint density at radius 3 is 2.61 bits per heavy atom. The van der Waals surface area contributed by atoms with Crippen LogP contribution in [0, 0.1) is 11.3 Å². The standard InChI is InChI=1S/C15H22N2O/c1-3-17-15(2,13-16)11-7-8-12-18-14-9-5-4-6-10-14/h4-6,9-10,17H,3,7-8,11-12H2,1-2H3. The van der Waals surface area contributed by atoms with Crippen LogP contribution >= 0.6 is 0 Å². The molecule has 0 aliphatic carbocycles. The lowest BCUT2D eigenvalue weighted by Crippen LogP contribution is -2.40. The van der Waals surface area contributed by atoms with Crippen LogP contribution in [-0.4, -0.2) is 18.7 Å². The maximum absolute atomic E-state index is 9.11. The van der Waals surface area contributed by atoms with Gasteiger partial charge in [0, 0.05) is 0 Å². The average Bonchev–Trinajstić information content (AvgIpc) is 2.40. The molecule has 18 heavy (non-hydrogen) atoms. The van der Waals surface area contributed by atoms with Crippen molar-refractivity contribution in [2.24, 2.45) is 0 Å². The molecule has 1 N–H and O–H groups in total. The number of ether oxygens (including phenoxy) is 1. The highest BCUT2D eigenvalue weighted by atomic mass is 16.5. The molecule has 1 unspecified atom stereocenters. The summed E-state index contributed by atoms with van der Waals surface area (Å²) in [5, 5.41) is 12.3. The van der Waals surface area contributed by atoms with Gasteiger partial charge in [0.25, 0.3) is 0 Å². The second kappa shape index (κ2) is 7.73. The van der Waals surface area contributed by atoms with Gasteiger partial charge in [0.2, 0.25) is 0 Å².